The second-order valence-electron chi connectivity index (χ2n) is 6.28. The summed E-state index contributed by atoms with van der Waals surface area (Å²) in [7, 11) is -1.24. The summed E-state index contributed by atoms with van der Waals surface area (Å²) in [6, 6.07) is 0.278. The monoisotopic (exact) mass is 277 g/mol. The lowest BCUT2D eigenvalue weighted by atomic mass is 10.0. The Morgan fingerprint density at radius 2 is 2.26 bits per heavy atom. The SMILES string of the molecule is C[Si](C)(C)C#CCCCC1=CCC[C@@H]2COC(=O)N12. The largest absolute Gasteiger partial charge is 0.447 e. The van der Waals surface area contributed by atoms with Gasteiger partial charge in [-0.2, -0.15) is 0 Å². The van der Waals surface area contributed by atoms with E-state index >= 15 is 0 Å². The molecule has 1 atom stereocenters. The Labute approximate surface area is 117 Å². The molecule has 1 fully saturated rings. The first-order chi connectivity index (χ1) is 8.97. The minimum absolute atomic E-state index is 0.163. The molecule has 0 aromatic carbocycles. The summed E-state index contributed by atoms with van der Waals surface area (Å²) in [5, 5.41) is 0. The van der Waals surface area contributed by atoms with Crippen LogP contribution < -0.4 is 0 Å². The maximum atomic E-state index is 11.7. The molecule has 0 aromatic rings. The molecule has 2 aliphatic rings. The van der Waals surface area contributed by atoms with Crippen LogP contribution in [0.3, 0.4) is 0 Å². The summed E-state index contributed by atoms with van der Waals surface area (Å²) in [5.41, 5.74) is 4.53. The Morgan fingerprint density at radius 1 is 1.47 bits per heavy atom. The smallest absolute Gasteiger partial charge is 0.414 e. The fraction of sp³-hybridized carbons (Fsp3) is 0.667. The standard InChI is InChI=1S/C15H23NO2Si/c1-19(2,3)11-6-4-5-8-13-9-7-10-14-12-18-15(17)16(13)14/h9,14H,4-5,7-8,10,12H2,1-3H3/t14-/m1/s1. The van der Waals surface area contributed by atoms with Crippen molar-refractivity contribution in [3.8, 4) is 11.5 Å². The van der Waals surface area contributed by atoms with Crippen LogP contribution in [-0.2, 0) is 4.74 Å². The highest BCUT2D eigenvalue weighted by atomic mass is 28.3. The van der Waals surface area contributed by atoms with Crippen molar-refractivity contribution >= 4 is 14.2 Å². The number of hydrogen-bond acceptors (Lipinski definition) is 2. The zero-order valence-corrected chi connectivity index (χ0v) is 13.2. The number of allylic oxidation sites excluding steroid dienone is 2. The first kappa shape index (κ1) is 14.2. The summed E-state index contributed by atoms with van der Waals surface area (Å²) < 4.78 is 5.13. The molecule has 0 aliphatic carbocycles. The Balaban J connectivity index is 1.84. The molecule has 3 nitrogen and oxygen atoms in total. The third kappa shape index (κ3) is 3.87. The molecule has 1 saturated heterocycles. The van der Waals surface area contributed by atoms with Crippen molar-refractivity contribution in [2.75, 3.05) is 6.61 Å². The molecule has 0 radical (unpaired) electrons. The number of carbonyl (C=O) groups is 1. The minimum Gasteiger partial charge on any atom is -0.447 e. The molecule has 0 unspecified atom stereocenters. The topological polar surface area (TPSA) is 29.5 Å². The number of rotatable bonds is 3. The Morgan fingerprint density at radius 3 is 3.00 bits per heavy atom. The molecular formula is C15H23NO2Si. The van der Waals surface area contributed by atoms with Crippen molar-refractivity contribution in [3.63, 3.8) is 0 Å². The average Bonchev–Trinajstić information content (AvgIpc) is 2.70. The number of amides is 1. The average molecular weight is 277 g/mol. The van der Waals surface area contributed by atoms with Crippen LogP contribution >= 0.6 is 0 Å². The van der Waals surface area contributed by atoms with Gasteiger partial charge >= 0.3 is 6.09 Å². The number of nitrogens with zero attached hydrogens (tertiary/aromatic N) is 1. The van der Waals surface area contributed by atoms with Gasteiger partial charge in [-0.1, -0.05) is 25.7 Å². The molecule has 0 spiro atoms. The molecule has 0 saturated carbocycles. The molecule has 0 bridgehead atoms. The van der Waals surface area contributed by atoms with Crippen molar-refractivity contribution in [2.24, 2.45) is 0 Å². The molecule has 2 rings (SSSR count). The quantitative estimate of drug-likeness (QED) is 0.448. The van der Waals surface area contributed by atoms with Crippen LogP contribution in [0.2, 0.25) is 19.6 Å². The second kappa shape index (κ2) is 5.83. The van der Waals surface area contributed by atoms with E-state index in [1.54, 1.807) is 0 Å². The lowest BCUT2D eigenvalue weighted by Gasteiger charge is -2.27. The normalized spacial score (nSPS) is 22.3. The van der Waals surface area contributed by atoms with Crippen LogP contribution in [0.15, 0.2) is 11.8 Å². The predicted octanol–water partition coefficient (Wildman–Crippen LogP) is 3.54. The molecule has 2 aliphatic heterocycles. The number of hydrogen-bond donors (Lipinski definition) is 0. The number of ether oxygens (including phenoxy) is 1. The Hall–Kier alpha value is -1.21. The van der Waals surface area contributed by atoms with E-state index in [1.807, 2.05) is 4.90 Å². The van der Waals surface area contributed by atoms with E-state index in [4.69, 9.17) is 4.74 Å². The summed E-state index contributed by atoms with van der Waals surface area (Å²) in [6.45, 7) is 7.34. The van der Waals surface area contributed by atoms with E-state index in [1.165, 1.54) is 0 Å². The molecule has 19 heavy (non-hydrogen) atoms. The number of carbonyl (C=O) groups excluding carboxylic acids is 1. The first-order valence-electron chi connectivity index (χ1n) is 7.12. The Bertz CT molecular complexity index is 439. The highest BCUT2D eigenvalue weighted by Gasteiger charge is 2.36. The van der Waals surface area contributed by atoms with Crippen molar-refractivity contribution in [3.05, 3.63) is 11.8 Å². The number of unbranched alkanes of at least 4 members (excludes halogenated alkanes) is 1. The number of cyclic esters (lactones) is 1. The van der Waals surface area contributed by atoms with Gasteiger partial charge in [0.2, 0.25) is 0 Å². The molecule has 0 aromatic heterocycles. The third-order valence-corrected chi connectivity index (χ3v) is 4.28. The van der Waals surface area contributed by atoms with Gasteiger partial charge in [0.1, 0.15) is 14.7 Å². The van der Waals surface area contributed by atoms with E-state index in [0.717, 1.165) is 37.8 Å². The van der Waals surface area contributed by atoms with Crippen LogP contribution in [0.4, 0.5) is 4.79 Å². The van der Waals surface area contributed by atoms with Gasteiger partial charge < -0.3 is 4.74 Å². The lowest BCUT2D eigenvalue weighted by molar-refractivity contribution is 0.163. The Kier molecular flexibility index (Phi) is 4.36. The van der Waals surface area contributed by atoms with E-state index < -0.39 is 8.07 Å². The maximum absolute atomic E-state index is 11.7. The van der Waals surface area contributed by atoms with Gasteiger partial charge in [0.25, 0.3) is 0 Å². The van der Waals surface area contributed by atoms with Crippen LogP contribution in [0, 0.1) is 11.5 Å². The molecule has 104 valence electrons. The molecular weight excluding hydrogens is 254 g/mol. The van der Waals surface area contributed by atoms with Crippen molar-refractivity contribution in [2.45, 2.75) is 57.8 Å². The fourth-order valence-electron chi connectivity index (χ4n) is 2.47. The van der Waals surface area contributed by atoms with Crippen LogP contribution in [0.5, 0.6) is 0 Å². The first-order valence-corrected chi connectivity index (χ1v) is 10.6. The van der Waals surface area contributed by atoms with E-state index in [9.17, 15) is 4.79 Å². The van der Waals surface area contributed by atoms with Gasteiger partial charge in [-0.05, 0) is 25.7 Å². The van der Waals surface area contributed by atoms with E-state index in [0.29, 0.717) is 6.61 Å². The van der Waals surface area contributed by atoms with E-state index in [2.05, 4.69) is 37.2 Å². The predicted molar refractivity (Wildman–Crippen MR) is 79.3 cm³/mol. The van der Waals surface area contributed by atoms with E-state index in [-0.39, 0.29) is 12.1 Å². The highest BCUT2D eigenvalue weighted by molar-refractivity contribution is 6.83. The summed E-state index contributed by atoms with van der Waals surface area (Å²) in [5.74, 6) is 3.29. The molecule has 4 heteroatoms. The maximum Gasteiger partial charge on any atom is 0.414 e. The van der Waals surface area contributed by atoms with Gasteiger partial charge in [0, 0.05) is 12.1 Å². The van der Waals surface area contributed by atoms with Crippen LogP contribution in [0.25, 0.3) is 0 Å². The number of fused-ring (bicyclic) bond motifs is 1. The van der Waals surface area contributed by atoms with Crippen molar-refractivity contribution in [1.29, 1.82) is 0 Å². The minimum atomic E-state index is -1.24. The van der Waals surface area contributed by atoms with Gasteiger partial charge in [0.05, 0.1) is 6.04 Å². The molecule has 0 N–H and O–H groups in total. The zero-order chi connectivity index (χ0) is 13.9. The zero-order valence-electron chi connectivity index (χ0n) is 12.2. The molecule has 1 amide bonds. The lowest BCUT2D eigenvalue weighted by Crippen LogP contribution is -2.35. The summed E-state index contributed by atoms with van der Waals surface area (Å²) in [6.07, 6.45) is 7.01. The summed E-state index contributed by atoms with van der Waals surface area (Å²) >= 11 is 0. The van der Waals surface area contributed by atoms with Crippen LogP contribution in [0.1, 0.15) is 32.1 Å². The second-order valence-corrected chi connectivity index (χ2v) is 11.0. The van der Waals surface area contributed by atoms with Gasteiger partial charge in [-0.15, -0.1) is 11.5 Å². The fourth-order valence-corrected chi connectivity index (χ4v) is 3.13. The third-order valence-electron chi connectivity index (χ3n) is 3.35. The van der Waals surface area contributed by atoms with Crippen LogP contribution in [-0.4, -0.2) is 31.7 Å². The van der Waals surface area contributed by atoms with Gasteiger partial charge in [-0.25, -0.2) is 4.79 Å². The summed E-state index contributed by atoms with van der Waals surface area (Å²) in [4.78, 5) is 13.5. The highest BCUT2D eigenvalue weighted by Crippen LogP contribution is 2.29. The molecule has 2 heterocycles. The van der Waals surface area contributed by atoms with Gasteiger partial charge in [-0.3, -0.25) is 4.90 Å². The van der Waals surface area contributed by atoms with Crippen molar-refractivity contribution < 1.29 is 9.53 Å². The van der Waals surface area contributed by atoms with Crippen molar-refractivity contribution in [1.82, 2.24) is 4.90 Å². The van der Waals surface area contributed by atoms with Gasteiger partial charge in [0.15, 0.2) is 0 Å².